The van der Waals surface area contributed by atoms with E-state index in [1.165, 1.54) is 0 Å². The van der Waals surface area contributed by atoms with Crippen LogP contribution >= 0.6 is 11.6 Å². The lowest BCUT2D eigenvalue weighted by atomic mass is 9.99. The Bertz CT molecular complexity index is 628. The van der Waals surface area contributed by atoms with Gasteiger partial charge in [-0.05, 0) is 41.0 Å². The molecule has 2 rings (SSSR count). The molecule has 0 saturated carbocycles. The summed E-state index contributed by atoms with van der Waals surface area (Å²) in [6, 6.07) is 14.6. The molecule has 140 valence electrons. The number of aliphatic hydroxyl groups excluding tert-OH is 2. The predicted molar refractivity (Wildman–Crippen MR) is 101 cm³/mol. The third-order valence-corrected chi connectivity index (χ3v) is 4.00. The van der Waals surface area contributed by atoms with E-state index < -0.39 is 18.9 Å². The van der Waals surface area contributed by atoms with Gasteiger partial charge in [-0.2, -0.15) is 0 Å². The van der Waals surface area contributed by atoms with Crippen molar-refractivity contribution in [2.24, 2.45) is 0 Å². The molecule has 0 radical (unpaired) electrons. The topological polar surface area (TPSA) is 58.9 Å². The predicted octanol–water partition coefficient (Wildman–Crippen LogP) is 3.44. The number of hydrogen-bond donors (Lipinski definition) is 2. The number of hydrogen-bond acceptors (Lipinski definition) is 4. The highest BCUT2D eigenvalue weighted by Gasteiger charge is 2.07. The minimum Gasteiger partial charge on any atom is -0.491 e. The van der Waals surface area contributed by atoms with E-state index in [9.17, 15) is 14.6 Å². The highest BCUT2D eigenvalue weighted by Crippen LogP contribution is 2.25. The number of aliphatic hydroxyl groups is 2. The van der Waals surface area contributed by atoms with Gasteiger partial charge in [-0.1, -0.05) is 30.8 Å². The van der Waals surface area contributed by atoms with Crippen LogP contribution < -0.4 is 9.47 Å². The zero-order valence-corrected chi connectivity index (χ0v) is 15.0. The van der Waals surface area contributed by atoms with E-state index in [0.717, 1.165) is 16.7 Å². The smallest absolute Gasteiger partial charge is 0.119 e. The van der Waals surface area contributed by atoms with Crippen LogP contribution in [0, 0.1) is 0 Å². The van der Waals surface area contributed by atoms with Crippen molar-refractivity contribution in [3.05, 3.63) is 66.2 Å². The first-order chi connectivity index (χ1) is 12.5. The molecule has 0 unspecified atom stereocenters. The van der Waals surface area contributed by atoms with E-state index in [1.54, 1.807) is 24.3 Å². The van der Waals surface area contributed by atoms with E-state index in [0.29, 0.717) is 11.5 Å². The normalized spacial score (nSPS) is 13.1. The average Bonchev–Trinajstić information content (AvgIpc) is 2.70. The molecule has 2 N–H and O–H groups in total. The summed E-state index contributed by atoms with van der Waals surface area (Å²) in [5, 5.41) is 18.6. The second-order valence-corrected chi connectivity index (χ2v) is 6.07. The van der Waals surface area contributed by atoms with Crippen molar-refractivity contribution < 1.29 is 24.1 Å². The SMILES string of the molecule is C=C(c1ccc(OC[C@H](O)CF)cc1)c1ccc(OC[C@H](O)CCl)cc1. The van der Waals surface area contributed by atoms with E-state index in [1.807, 2.05) is 24.3 Å². The van der Waals surface area contributed by atoms with Gasteiger partial charge in [0, 0.05) is 0 Å². The van der Waals surface area contributed by atoms with E-state index in [-0.39, 0.29) is 19.1 Å². The first kappa shape index (κ1) is 20.2. The Morgan fingerprint density at radius 2 is 1.31 bits per heavy atom. The fourth-order valence-corrected chi connectivity index (χ4v) is 2.23. The molecule has 0 amide bonds. The molecule has 2 aromatic carbocycles. The van der Waals surface area contributed by atoms with Gasteiger partial charge in [-0.15, -0.1) is 11.6 Å². The van der Waals surface area contributed by atoms with E-state index >= 15 is 0 Å². The zero-order chi connectivity index (χ0) is 18.9. The maximum absolute atomic E-state index is 12.2. The Morgan fingerprint density at radius 3 is 1.69 bits per heavy atom. The number of alkyl halides is 2. The Labute approximate surface area is 157 Å². The van der Waals surface area contributed by atoms with Crippen molar-refractivity contribution in [1.29, 1.82) is 0 Å². The van der Waals surface area contributed by atoms with Crippen LogP contribution in [0.25, 0.3) is 5.57 Å². The molecule has 2 aromatic rings. The van der Waals surface area contributed by atoms with Crippen molar-refractivity contribution in [1.82, 2.24) is 0 Å². The van der Waals surface area contributed by atoms with Crippen molar-refractivity contribution >= 4 is 17.2 Å². The van der Waals surface area contributed by atoms with Gasteiger partial charge in [0.25, 0.3) is 0 Å². The van der Waals surface area contributed by atoms with Crippen LogP contribution in [0.4, 0.5) is 4.39 Å². The summed E-state index contributed by atoms with van der Waals surface area (Å²) in [7, 11) is 0. The van der Waals surface area contributed by atoms with Crippen LogP contribution in [-0.2, 0) is 0 Å². The number of ether oxygens (including phenoxy) is 2. The maximum Gasteiger partial charge on any atom is 0.119 e. The first-order valence-corrected chi connectivity index (χ1v) is 8.70. The quantitative estimate of drug-likeness (QED) is 0.620. The Hall–Kier alpha value is -2.08. The summed E-state index contributed by atoms with van der Waals surface area (Å²) in [6.07, 6.45) is -1.81. The molecule has 4 nitrogen and oxygen atoms in total. The second-order valence-electron chi connectivity index (χ2n) is 5.77. The summed E-state index contributed by atoms with van der Waals surface area (Å²) >= 11 is 5.53. The Kier molecular flexibility index (Phi) is 7.91. The maximum atomic E-state index is 12.2. The van der Waals surface area contributed by atoms with Gasteiger partial charge >= 0.3 is 0 Å². The van der Waals surface area contributed by atoms with Crippen LogP contribution in [0.15, 0.2) is 55.1 Å². The van der Waals surface area contributed by atoms with Gasteiger partial charge in [0.2, 0.25) is 0 Å². The fraction of sp³-hybridized carbons (Fsp3) is 0.300. The molecule has 0 aromatic heterocycles. The van der Waals surface area contributed by atoms with Crippen LogP contribution in [-0.4, -0.2) is 48.2 Å². The van der Waals surface area contributed by atoms with Crippen LogP contribution in [0.5, 0.6) is 11.5 Å². The molecule has 0 saturated heterocycles. The summed E-state index contributed by atoms with van der Waals surface area (Å²) in [6.45, 7) is 3.32. The highest BCUT2D eigenvalue weighted by molar-refractivity contribution is 6.18. The van der Waals surface area contributed by atoms with Gasteiger partial charge in [0.15, 0.2) is 0 Å². The summed E-state index contributed by atoms with van der Waals surface area (Å²) < 4.78 is 23.0. The molecule has 6 heteroatoms. The first-order valence-electron chi connectivity index (χ1n) is 8.17. The standard InChI is InChI=1S/C20H22ClFO4/c1-14(15-2-6-19(7-3-15)25-12-17(23)10-21)16-4-8-20(9-5-16)26-13-18(24)11-22/h2-9,17-18,23-24H,1,10-13H2/t17-,18-/m1/s1. The van der Waals surface area contributed by atoms with Crippen LogP contribution in [0.1, 0.15) is 11.1 Å². The highest BCUT2D eigenvalue weighted by atomic mass is 35.5. The molecular formula is C20H22ClFO4. The van der Waals surface area contributed by atoms with E-state index in [4.69, 9.17) is 21.1 Å². The molecule has 0 aliphatic rings. The lowest BCUT2D eigenvalue weighted by Gasteiger charge is -2.12. The zero-order valence-electron chi connectivity index (χ0n) is 14.3. The summed E-state index contributed by atoms with van der Waals surface area (Å²) in [5.41, 5.74) is 2.67. The monoisotopic (exact) mass is 380 g/mol. The van der Waals surface area contributed by atoms with Gasteiger partial charge in [0.1, 0.15) is 43.6 Å². The van der Waals surface area contributed by atoms with Crippen molar-refractivity contribution in [3.8, 4) is 11.5 Å². The molecule has 0 aliphatic heterocycles. The minimum absolute atomic E-state index is 0.0866. The molecule has 0 heterocycles. The van der Waals surface area contributed by atoms with Crippen LogP contribution in [0.2, 0.25) is 0 Å². The van der Waals surface area contributed by atoms with Crippen LogP contribution in [0.3, 0.4) is 0 Å². The number of halogens is 2. The van der Waals surface area contributed by atoms with Gasteiger partial charge in [-0.3, -0.25) is 0 Å². The largest absolute Gasteiger partial charge is 0.491 e. The van der Waals surface area contributed by atoms with Crippen molar-refractivity contribution in [2.75, 3.05) is 25.8 Å². The summed E-state index contributed by atoms with van der Waals surface area (Å²) in [4.78, 5) is 0. The minimum atomic E-state index is -1.11. The third-order valence-electron chi connectivity index (χ3n) is 3.65. The summed E-state index contributed by atoms with van der Waals surface area (Å²) in [5.74, 6) is 1.32. The molecule has 0 spiro atoms. The van der Waals surface area contributed by atoms with Crippen molar-refractivity contribution in [2.45, 2.75) is 12.2 Å². The number of benzene rings is 2. The third kappa shape index (κ3) is 6.02. The average molecular weight is 381 g/mol. The van der Waals surface area contributed by atoms with Crippen molar-refractivity contribution in [3.63, 3.8) is 0 Å². The molecule has 26 heavy (non-hydrogen) atoms. The second kappa shape index (κ2) is 10.2. The molecule has 2 atom stereocenters. The van der Waals surface area contributed by atoms with Gasteiger partial charge < -0.3 is 19.7 Å². The fourth-order valence-electron chi connectivity index (χ4n) is 2.15. The molecular weight excluding hydrogens is 359 g/mol. The van der Waals surface area contributed by atoms with Gasteiger partial charge in [-0.25, -0.2) is 4.39 Å². The molecule has 0 aliphatic carbocycles. The van der Waals surface area contributed by atoms with E-state index in [2.05, 4.69) is 6.58 Å². The lowest BCUT2D eigenvalue weighted by Crippen LogP contribution is -2.19. The van der Waals surface area contributed by atoms with Gasteiger partial charge in [0.05, 0.1) is 5.88 Å². The Morgan fingerprint density at radius 1 is 0.885 bits per heavy atom. The number of rotatable bonds is 10. The Balaban J connectivity index is 1.95. The molecule has 0 bridgehead atoms. The lowest BCUT2D eigenvalue weighted by molar-refractivity contribution is 0.0842. The molecule has 0 fully saturated rings.